The van der Waals surface area contributed by atoms with Gasteiger partial charge in [-0.05, 0) is 122 Å². The molecule has 0 saturated heterocycles. The summed E-state index contributed by atoms with van der Waals surface area (Å²) in [6.45, 7) is 13.5. The largest absolute Gasteiger partial charge is 0.481 e. The number of fused-ring (bicyclic) bond motifs is 8. The molecule has 0 aromatic carbocycles. The Bertz CT molecular complexity index is 1930. The molecule has 8 bridgehead atoms. The van der Waals surface area contributed by atoms with Gasteiger partial charge in [0.25, 0.3) is 0 Å². The first kappa shape index (κ1) is 39.8. The maximum absolute atomic E-state index is 11.5. The summed E-state index contributed by atoms with van der Waals surface area (Å²) in [6, 6.07) is 8.19. The van der Waals surface area contributed by atoms with Crippen LogP contribution in [0.2, 0.25) is 0 Å². The number of nitrogens with zero attached hydrogens (tertiary/aromatic N) is 2. The second-order valence-electron chi connectivity index (χ2n) is 12.2. The molecule has 12 heteroatoms. The molecule has 50 heavy (non-hydrogen) atoms. The van der Waals surface area contributed by atoms with Crippen molar-refractivity contribution in [3.05, 3.63) is 69.3 Å². The quantitative estimate of drug-likeness (QED) is 0.133. The first-order chi connectivity index (χ1) is 23.8. The van der Waals surface area contributed by atoms with Crippen LogP contribution in [0, 0.1) is 13.8 Å². The minimum Gasteiger partial charge on any atom is -0.481 e. The fourth-order valence-corrected chi connectivity index (χ4v) is 6.22. The van der Waals surface area contributed by atoms with Crippen molar-refractivity contribution in [3.8, 4) is 0 Å². The Morgan fingerprint density at radius 3 is 1.34 bits per heavy atom. The lowest BCUT2D eigenvalue weighted by atomic mass is 9.98. The van der Waals surface area contributed by atoms with E-state index >= 15 is 0 Å². The van der Waals surface area contributed by atoms with Crippen LogP contribution in [0.25, 0.3) is 44.4 Å². The monoisotopic (exact) mass is 688 g/mol. The Kier molecular flexibility index (Phi) is 14.6. The first-order valence-corrected chi connectivity index (χ1v) is 17.0. The predicted octanol–water partition coefficient (Wildman–Crippen LogP) is 5.52. The van der Waals surface area contributed by atoms with Gasteiger partial charge >= 0.3 is 11.9 Å². The van der Waals surface area contributed by atoms with E-state index in [0.29, 0.717) is 37.3 Å². The van der Waals surface area contributed by atoms with Crippen molar-refractivity contribution in [2.45, 2.75) is 80.1 Å². The molecule has 5 rings (SSSR count). The second-order valence-corrected chi connectivity index (χ2v) is 12.2. The molecule has 5 heterocycles. The van der Waals surface area contributed by atoms with E-state index in [1.54, 1.807) is 0 Å². The number of carboxylic acid groups (broad SMARTS) is 2. The van der Waals surface area contributed by atoms with E-state index in [0.717, 1.165) is 74.2 Å². The molecule has 3 aromatic heterocycles. The predicted molar refractivity (Wildman–Crippen MR) is 200 cm³/mol. The molecule has 0 amide bonds. The number of aliphatic hydroxyl groups excluding tert-OH is 2. The smallest absolute Gasteiger partial charge is 0.303 e. The van der Waals surface area contributed by atoms with Gasteiger partial charge in [-0.15, -0.1) is 0 Å². The van der Waals surface area contributed by atoms with Crippen LogP contribution in [0.15, 0.2) is 24.3 Å². The number of hydrogen-bond donors (Lipinski definition) is 8. The van der Waals surface area contributed by atoms with Gasteiger partial charge in [0.1, 0.15) is 0 Å². The average Bonchev–Trinajstić information content (AvgIpc) is 3.75. The third-order valence-corrected chi connectivity index (χ3v) is 8.94. The minimum absolute atomic E-state index is 0.0138. The van der Waals surface area contributed by atoms with Gasteiger partial charge in [-0.3, -0.25) is 9.59 Å². The summed E-state index contributed by atoms with van der Waals surface area (Å²) in [7, 11) is 0. The van der Waals surface area contributed by atoms with E-state index in [1.807, 2.05) is 26.0 Å². The molecular formula is C38H52N6O6. The van der Waals surface area contributed by atoms with Crippen molar-refractivity contribution < 1.29 is 30.0 Å². The second kappa shape index (κ2) is 18.4. The molecule has 2 aliphatic heterocycles. The molecule has 270 valence electrons. The number of allylic oxidation sites excluding steroid dienone is 4. The van der Waals surface area contributed by atoms with Gasteiger partial charge in [0.15, 0.2) is 0 Å². The Morgan fingerprint density at radius 2 is 0.980 bits per heavy atom. The number of nitrogens with one attached hydrogen (secondary N) is 2. The van der Waals surface area contributed by atoms with Gasteiger partial charge in [0, 0.05) is 48.0 Å². The standard InChI is InChI=1S/C34H38N4O4.2C2H7NO/c1-7-21-17(3)25-13-26-19(5)23(9-11-33(39)40)31(37-26)16-32-24(10-12-34(41)42)20(6)28(38-32)15-30-22(8-2)18(4)27(36-30)14-29(21)35-25;2*3-1-2-4/h13-16,35-36H,7-12H2,1-6H3,(H,39,40)(H,41,42);2*4H,1-3H2. The zero-order valence-electron chi connectivity index (χ0n) is 30.0. The number of aromatic amines is 2. The highest BCUT2D eigenvalue weighted by molar-refractivity contribution is 5.96. The van der Waals surface area contributed by atoms with Gasteiger partial charge in [0.2, 0.25) is 0 Å². The fourth-order valence-electron chi connectivity index (χ4n) is 6.22. The van der Waals surface area contributed by atoms with Gasteiger partial charge in [-0.25, -0.2) is 9.97 Å². The van der Waals surface area contributed by atoms with E-state index in [-0.39, 0.29) is 26.1 Å². The number of H-pyrrole nitrogens is 2. The lowest BCUT2D eigenvalue weighted by Gasteiger charge is -2.05. The Balaban J connectivity index is 0.000000764. The minimum atomic E-state index is -0.869. The van der Waals surface area contributed by atoms with Crippen LogP contribution in [0.1, 0.15) is 98.4 Å². The SMILES string of the molecule is CCc1c(C)c2cc3[nH]c(cc4nc(cc5nc(cc1[nH]2)C(C)=C5CCC(=O)O)C(CCC(=O)O)=C4C)c(C)c3CC.NCCO.NCCO. The number of carbonyl (C=O) groups is 2. The number of aromatic nitrogens is 4. The fraction of sp³-hybridized carbons (Fsp3) is 0.421. The highest BCUT2D eigenvalue weighted by Gasteiger charge is 2.22. The third-order valence-electron chi connectivity index (χ3n) is 8.94. The van der Waals surface area contributed by atoms with Crippen molar-refractivity contribution in [1.82, 2.24) is 19.9 Å². The van der Waals surface area contributed by atoms with Gasteiger partial charge < -0.3 is 41.9 Å². The molecular weight excluding hydrogens is 636 g/mol. The Morgan fingerprint density at radius 1 is 0.620 bits per heavy atom. The number of carboxylic acids is 2. The van der Waals surface area contributed by atoms with E-state index in [4.69, 9.17) is 31.6 Å². The number of aliphatic hydroxyl groups is 2. The molecule has 12 nitrogen and oxygen atoms in total. The summed E-state index contributed by atoms with van der Waals surface area (Å²) in [5.41, 5.74) is 24.9. The number of nitrogens with two attached hydrogens (primary N) is 2. The molecule has 0 atom stereocenters. The molecule has 0 saturated carbocycles. The summed E-state index contributed by atoms with van der Waals surface area (Å²) < 4.78 is 0. The number of hydrogen-bond acceptors (Lipinski definition) is 8. The Labute approximate surface area is 293 Å². The lowest BCUT2D eigenvalue weighted by molar-refractivity contribution is -0.137. The van der Waals surface area contributed by atoms with E-state index < -0.39 is 11.9 Å². The van der Waals surface area contributed by atoms with Crippen molar-refractivity contribution >= 4 is 56.3 Å². The number of aryl methyl sites for hydroxylation is 4. The van der Waals surface area contributed by atoms with Crippen LogP contribution < -0.4 is 11.5 Å². The van der Waals surface area contributed by atoms with Gasteiger partial charge in [-0.1, -0.05) is 13.8 Å². The van der Waals surface area contributed by atoms with Gasteiger partial charge in [0.05, 0.1) is 36.0 Å². The number of aliphatic carboxylic acids is 2. The van der Waals surface area contributed by atoms with Crippen LogP contribution in [-0.2, 0) is 22.4 Å². The van der Waals surface area contributed by atoms with Crippen LogP contribution in [-0.4, -0.2) is 78.6 Å². The summed E-state index contributed by atoms with van der Waals surface area (Å²) in [4.78, 5) is 40.3. The zero-order valence-corrected chi connectivity index (χ0v) is 30.0. The molecule has 0 fully saturated rings. The zero-order chi connectivity index (χ0) is 37.1. The van der Waals surface area contributed by atoms with Crippen LogP contribution in [0.5, 0.6) is 0 Å². The average molecular weight is 689 g/mol. The third kappa shape index (κ3) is 9.33. The maximum Gasteiger partial charge on any atom is 0.303 e. The van der Waals surface area contributed by atoms with Crippen molar-refractivity contribution in [2.24, 2.45) is 11.5 Å². The number of rotatable bonds is 10. The Hall–Kier alpha value is -4.62. The first-order valence-electron chi connectivity index (χ1n) is 17.0. The molecule has 0 unspecified atom stereocenters. The van der Waals surface area contributed by atoms with Crippen LogP contribution >= 0.6 is 0 Å². The maximum atomic E-state index is 11.5. The highest BCUT2D eigenvalue weighted by Crippen LogP contribution is 2.38. The van der Waals surface area contributed by atoms with E-state index in [1.165, 1.54) is 16.7 Å². The summed E-state index contributed by atoms with van der Waals surface area (Å²) in [5.74, 6) is -1.74. The van der Waals surface area contributed by atoms with Crippen LogP contribution in [0.4, 0.5) is 0 Å². The lowest BCUT2D eigenvalue weighted by Crippen LogP contribution is -2.02. The molecule has 2 aliphatic rings. The molecule has 0 radical (unpaired) electrons. The van der Waals surface area contributed by atoms with Gasteiger partial charge in [-0.2, -0.15) is 0 Å². The highest BCUT2D eigenvalue weighted by atomic mass is 16.4. The molecule has 0 aliphatic carbocycles. The van der Waals surface area contributed by atoms with Crippen molar-refractivity contribution in [3.63, 3.8) is 0 Å². The van der Waals surface area contributed by atoms with Crippen molar-refractivity contribution in [1.29, 1.82) is 0 Å². The summed E-state index contributed by atoms with van der Waals surface area (Å²) in [5, 5.41) is 34.4. The molecule has 10 N–H and O–H groups in total. The van der Waals surface area contributed by atoms with Crippen molar-refractivity contribution in [2.75, 3.05) is 26.3 Å². The summed E-state index contributed by atoms with van der Waals surface area (Å²) in [6.07, 6.45) is 2.37. The summed E-state index contributed by atoms with van der Waals surface area (Å²) >= 11 is 0. The molecule has 0 spiro atoms. The molecule has 3 aromatic rings. The van der Waals surface area contributed by atoms with E-state index in [9.17, 15) is 19.8 Å². The normalized spacial score (nSPS) is 12.4. The van der Waals surface area contributed by atoms with E-state index in [2.05, 4.69) is 49.8 Å². The van der Waals surface area contributed by atoms with Crippen LogP contribution in [0.3, 0.4) is 0 Å². The topological polar surface area (TPSA) is 224 Å².